The second-order valence-corrected chi connectivity index (χ2v) is 6.35. The molecular weight excluding hydrogens is 294 g/mol. The van der Waals surface area contributed by atoms with Crippen molar-refractivity contribution in [1.82, 2.24) is 25.0 Å². The Kier molecular flexibility index (Phi) is 4.73. The van der Waals surface area contributed by atoms with E-state index >= 15 is 0 Å². The number of amides is 1. The summed E-state index contributed by atoms with van der Waals surface area (Å²) in [7, 11) is 0. The summed E-state index contributed by atoms with van der Waals surface area (Å²) >= 11 is 0. The lowest BCUT2D eigenvalue weighted by Crippen LogP contribution is -2.40. The second kappa shape index (κ2) is 6.93. The normalized spacial score (nSPS) is 17.3. The van der Waals surface area contributed by atoms with Crippen molar-refractivity contribution in [3.63, 3.8) is 0 Å². The number of fused-ring (bicyclic) bond motifs is 1. The highest BCUT2D eigenvalue weighted by Crippen LogP contribution is 2.14. The van der Waals surface area contributed by atoms with E-state index in [4.69, 9.17) is 4.52 Å². The molecule has 2 aromatic rings. The molecule has 7 nitrogen and oxygen atoms in total. The molecule has 0 aliphatic carbocycles. The topological polar surface area (TPSA) is 85.8 Å². The second-order valence-electron chi connectivity index (χ2n) is 6.35. The van der Waals surface area contributed by atoms with E-state index < -0.39 is 0 Å². The van der Waals surface area contributed by atoms with Gasteiger partial charge in [-0.1, -0.05) is 19.0 Å². The van der Waals surface area contributed by atoms with Gasteiger partial charge in [0.25, 0.3) is 0 Å². The highest BCUT2D eigenvalue weighted by Gasteiger charge is 2.20. The minimum atomic E-state index is 0.0853. The molecule has 1 aliphatic heterocycles. The van der Waals surface area contributed by atoms with Crippen LogP contribution in [0.3, 0.4) is 0 Å². The first-order chi connectivity index (χ1) is 11.1. The van der Waals surface area contributed by atoms with Gasteiger partial charge in [-0.2, -0.15) is 4.98 Å². The van der Waals surface area contributed by atoms with Crippen LogP contribution in [0.2, 0.25) is 0 Å². The van der Waals surface area contributed by atoms with Crippen LogP contribution >= 0.6 is 0 Å². The molecule has 1 amide bonds. The van der Waals surface area contributed by atoms with Crippen LogP contribution in [-0.4, -0.2) is 31.6 Å². The maximum atomic E-state index is 12.1. The van der Waals surface area contributed by atoms with Crippen LogP contribution in [0.4, 0.5) is 0 Å². The molecule has 23 heavy (non-hydrogen) atoms. The first-order valence-electron chi connectivity index (χ1n) is 8.23. The Morgan fingerprint density at radius 1 is 1.52 bits per heavy atom. The lowest BCUT2D eigenvalue weighted by atomic mass is 10.1. The predicted molar refractivity (Wildman–Crippen MR) is 83.8 cm³/mol. The monoisotopic (exact) mass is 317 g/mol. The Balaban J connectivity index is 1.40. The number of hydrogen-bond donors (Lipinski definition) is 1. The van der Waals surface area contributed by atoms with Crippen molar-refractivity contribution in [2.45, 2.75) is 64.5 Å². The number of aryl methyl sites for hydroxylation is 2. The fraction of sp³-hybridized carbons (Fsp3) is 0.625. The van der Waals surface area contributed by atoms with Crippen LogP contribution in [0.5, 0.6) is 0 Å². The third-order valence-corrected chi connectivity index (χ3v) is 4.09. The largest absolute Gasteiger partial charge is 0.352 e. The van der Waals surface area contributed by atoms with Gasteiger partial charge in [-0.15, -0.1) is 0 Å². The number of imidazole rings is 1. The van der Waals surface area contributed by atoms with E-state index in [1.165, 1.54) is 0 Å². The number of rotatable bonds is 6. The summed E-state index contributed by atoms with van der Waals surface area (Å²) in [5, 5.41) is 7.03. The van der Waals surface area contributed by atoms with Crippen molar-refractivity contribution >= 4 is 5.91 Å². The van der Waals surface area contributed by atoms with E-state index in [0.717, 1.165) is 31.0 Å². The van der Waals surface area contributed by atoms with Crippen LogP contribution in [0, 0.1) is 0 Å². The van der Waals surface area contributed by atoms with E-state index in [9.17, 15) is 4.79 Å². The number of nitrogens with one attached hydrogen (secondary N) is 1. The van der Waals surface area contributed by atoms with Crippen molar-refractivity contribution in [1.29, 1.82) is 0 Å². The fourth-order valence-corrected chi connectivity index (χ4v) is 2.79. The van der Waals surface area contributed by atoms with Crippen LogP contribution in [0.25, 0.3) is 0 Å². The molecule has 1 aliphatic rings. The van der Waals surface area contributed by atoms with Crippen molar-refractivity contribution in [3.05, 3.63) is 29.9 Å². The Morgan fingerprint density at radius 3 is 3.17 bits per heavy atom. The third kappa shape index (κ3) is 3.97. The molecule has 0 unspecified atom stereocenters. The summed E-state index contributed by atoms with van der Waals surface area (Å²) in [6.45, 7) is 4.86. The molecule has 0 saturated heterocycles. The first kappa shape index (κ1) is 15.7. The van der Waals surface area contributed by atoms with Crippen LogP contribution in [0.15, 0.2) is 16.9 Å². The highest BCUT2D eigenvalue weighted by atomic mass is 16.5. The molecule has 0 saturated carbocycles. The van der Waals surface area contributed by atoms with Crippen LogP contribution < -0.4 is 5.32 Å². The zero-order valence-electron chi connectivity index (χ0n) is 13.7. The summed E-state index contributed by atoms with van der Waals surface area (Å²) in [6, 6.07) is 0.195. The molecule has 0 radical (unpaired) electrons. The molecule has 1 atom stereocenters. The van der Waals surface area contributed by atoms with Gasteiger partial charge >= 0.3 is 0 Å². The third-order valence-electron chi connectivity index (χ3n) is 4.09. The lowest BCUT2D eigenvalue weighted by molar-refractivity contribution is -0.122. The van der Waals surface area contributed by atoms with Gasteiger partial charge in [0.1, 0.15) is 5.82 Å². The van der Waals surface area contributed by atoms with E-state index in [0.29, 0.717) is 25.2 Å². The first-order valence-corrected chi connectivity index (χ1v) is 8.23. The van der Waals surface area contributed by atoms with Gasteiger partial charge < -0.3 is 14.4 Å². The molecule has 0 spiro atoms. The molecule has 0 aromatic carbocycles. The molecule has 0 fully saturated rings. The van der Waals surface area contributed by atoms with E-state index in [-0.39, 0.29) is 17.9 Å². The van der Waals surface area contributed by atoms with Gasteiger partial charge in [0.15, 0.2) is 5.82 Å². The van der Waals surface area contributed by atoms with Gasteiger partial charge in [-0.25, -0.2) is 4.98 Å². The quantitative estimate of drug-likeness (QED) is 0.878. The van der Waals surface area contributed by atoms with Gasteiger partial charge in [0.05, 0.1) is 0 Å². The number of carbonyl (C=O) groups is 1. The Labute approximate surface area is 135 Å². The summed E-state index contributed by atoms with van der Waals surface area (Å²) < 4.78 is 7.30. The molecule has 0 bridgehead atoms. The van der Waals surface area contributed by atoms with E-state index in [1.54, 1.807) is 0 Å². The van der Waals surface area contributed by atoms with Crippen molar-refractivity contribution < 1.29 is 9.32 Å². The molecule has 1 N–H and O–H groups in total. The summed E-state index contributed by atoms with van der Waals surface area (Å²) in [5.41, 5.74) is 0. The van der Waals surface area contributed by atoms with Crippen molar-refractivity contribution in [2.24, 2.45) is 0 Å². The SMILES string of the molecule is CC(C)c1noc(CCCC(=O)N[C@@H]2CCc3nccn3C2)n1. The Bertz CT molecular complexity index is 661. The Morgan fingerprint density at radius 2 is 2.39 bits per heavy atom. The molecule has 7 heteroatoms. The minimum absolute atomic E-state index is 0.0853. The summed E-state index contributed by atoms with van der Waals surface area (Å²) in [6.07, 6.45) is 7.48. The van der Waals surface area contributed by atoms with Crippen LogP contribution in [0.1, 0.15) is 56.6 Å². The number of hydrogen-bond acceptors (Lipinski definition) is 5. The number of nitrogens with zero attached hydrogens (tertiary/aromatic N) is 4. The summed E-state index contributed by atoms with van der Waals surface area (Å²) in [5.74, 6) is 2.79. The number of aromatic nitrogens is 4. The molecule has 3 rings (SSSR count). The molecular formula is C16H23N5O2. The highest BCUT2D eigenvalue weighted by molar-refractivity contribution is 5.76. The van der Waals surface area contributed by atoms with Crippen molar-refractivity contribution in [3.8, 4) is 0 Å². The Hall–Kier alpha value is -2.18. The van der Waals surface area contributed by atoms with Crippen molar-refractivity contribution in [2.75, 3.05) is 0 Å². The van der Waals surface area contributed by atoms with Crippen LogP contribution in [-0.2, 0) is 24.2 Å². The lowest BCUT2D eigenvalue weighted by Gasteiger charge is -2.24. The number of carbonyl (C=O) groups excluding carboxylic acids is 1. The average Bonchev–Trinajstić information content (AvgIpc) is 3.15. The van der Waals surface area contributed by atoms with E-state index in [2.05, 4.69) is 25.0 Å². The molecule has 2 aromatic heterocycles. The summed E-state index contributed by atoms with van der Waals surface area (Å²) in [4.78, 5) is 20.7. The maximum absolute atomic E-state index is 12.1. The van der Waals surface area contributed by atoms with Gasteiger partial charge in [0.2, 0.25) is 11.8 Å². The molecule has 124 valence electrons. The molecule has 3 heterocycles. The minimum Gasteiger partial charge on any atom is -0.352 e. The maximum Gasteiger partial charge on any atom is 0.226 e. The van der Waals surface area contributed by atoms with Gasteiger partial charge in [-0.05, 0) is 12.8 Å². The van der Waals surface area contributed by atoms with E-state index in [1.807, 2.05) is 26.2 Å². The van der Waals surface area contributed by atoms with Gasteiger partial charge in [-0.3, -0.25) is 4.79 Å². The zero-order valence-corrected chi connectivity index (χ0v) is 13.7. The van der Waals surface area contributed by atoms with Gasteiger partial charge in [0, 0.05) is 50.2 Å². The smallest absolute Gasteiger partial charge is 0.226 e. The zero-order chi connectivity index (χ0) is 16.2. The standard InChI is InChI=1S/C16H23N5O2/c1-11(2)16-19-15(23-20-16)5-3-4-14(22)18-12-6-7-13-17-8-9-21(13)10-12/h8-9,11-12H,3-7,10H2,1-2H3,(H,18,22)/t12-/m1/s1. The average molecular weight is 317 g/mol. The predicted octanol–water partition coefficient (Wildman–Crippen LogP) is 1.84. The fourth-order valence-electron chi connectivity index (χ4n) is 2.79.